The molecule has 72 valence electrons. The lowest BCUT2D eigenvalue weighted by molar-refractivity contribution is 0.466. The molecule has 1 aromatic rings. The fourth-order valence-electron chi connectivity index (χ4n) is 1.40. The molecule has 0 atom stereocenters. The van der Waals surface area contributed by atoms with Crippen LogP contribution < -0.4 is 0 Å². The summed E-state index contributed by atoms with van der Waals surface area (Å²) in [5.41, 5.74) is 2.29. The van der Waals surface area contributed by atoms with Crippen LogP contribution in [0.2, 0.25) is 0 Å². The Kier molecular flexibility index (Phi) is 3.59. The molecule has 1 nitrogen and oxygen atoms in total. The molecule has 0 spiro atoms. The Bertz CT molecular complexity index is 282. The van der Waals surface area contributed by atoms with E-state index in [0.717, 1.165) is 15.6 Å². The number of phenols is 1. The highest BCUT2D eigenvalue weighted by Crippen LogP contribution is 2.26. The van der Waals surface area contributed by atoms with Crippen molar-refractivity contribution in [1.82, 2.24) is 0 Å². The van der Waals surface area contributed by atoms with E-state index in [9.17, 15) is 5.11 Å². The molecule has 1 N–H and O–H groups in total. The minimum Gasteiger partial charge on any atom is -0.507 e. The van der Waals surface area contributed by atoms with E-state index in [0.29, 0.717) is 11.7 Å². The van der Waals surface area contributed by atoms with Gasteiger partial charge >= 0.3 is 0 Å². The SMILES string of the molecule is Cc1cc(CC(C)C)cc(I)c1O. The number of rotatable bonds is 2. The third-order valence-corrected chi connectivity index (χ3v) is 2.78. The van der Waals surface area contributed by atoms with Gasteiger partial charge in [0.15, 0.2) is 0 Å². The first-order chi connectivity index (χ1) is 6.00. The Morgan fingerprint density at radius 1 is 1.38 bits per heavy atom. The molecule has 0 radical (unpaired) electrons. The maximum Gasteiger partial charge on any atom is 0.131 e. The lowest BCUT2D eigenvalue weighted by Crippen LogP contribution is -1.95. The molecule has 1 rings (SSSR count). The highest BCUT2D eigenvalue weighted by Gasteiger charge is 2.05. The first kappa shape index (κ1) is 10.8. The van der Waals surface area contributed by atoms with Crippen molar-refractivity contribution >= 4 is 22.6 Å². The predicted octanol–water partition coefficient (Wildman–Crippen LogP) is 3.50. The average Bonchev–Trinajstić information content (AvgIpc) is 1.98. The molecule has 13 heavy (non-hydrogen) atoms. The number of aromatic hydroxyl groups is 1. The van der Waals surface area contributed by atoms with Gasteiger partial charge in [0.25, 0.3) is 0 Å². The monoisotopic (exact) mass is 290 g/mol. The summed E-state index contributed by atoms with van der Waals surface area (Å²) >= 11 is 2.17. The molecule has 0 aliphatic rings. The third kappa shape index (κ3) is 2.86. The van der Waals surface area contributed by atoms with E-state index in [1.807, 2.05) is 6.92 Å². The van der Waals surface area contributed by atoms with Gasteiger partial charge in [-0.25, -0.2) is 0 Å². The molecule has 0 aliphatic heterocycles. The van der Waals surface area contributed by atoms with Crippen molar-refractivity contribution in [2.45, 2.75) is 27.2 Å². The molecule has 0 aromatic heterocycles. The Balaban J connectivity index is 2.99. The number of halogens is 1. The fourth-order valence-corrected chi connectivity index (χ4v) is 2.22. The normalized spacial score (nSPS) is 10.8. The molecule has 0 saturated carbocycles. The second kappa shape index (κ2) is 4.31. The van der Waals surface area contributed by atoms with Crippen LogP contribution in [0.3, 0.4) is 0 Å². The lowest BCUT2D eigenvalue weighted by atomic mass is 10.0. The number of phenolic OH excluding ortho intramolecular Hbond substituents is 1. The minimum absolute atomic E-state index is 0.424. The van der Waals surface area contributed by atoms with Crippen LogP contribution in [0.1, 0.15) is 25.0 Å². The standard InChI is InChI=1S/C11H15IO/c1-7(2)4-9-5-8(3)11(13)10(12)6-9/h5-7,13H,4H2,1-3H3. The van der Waals surface area contributed by atoms with Crippen LogP contribution in [0.4, 0.5) is 0 Å². The summed E-state index contributed by atoms with van der Waals surface area (Å²) in [6.07, 6.45) is 1.08. The maximum absolute atomic E-state index is 9.56. The fraction of sp³-hybridized carbons (Fsp3) is 0.455. The molecule has 0 unspecified atom stereocenters. The van der Waals surface area contributed by atoms with Crippen LogP contribution in [-0.2, 0) is 6.42 Å². The molecular formula is C11H15IO. The van der Waals surface area contributed by atoms with Gasteiger partial charge in [-0.05, 0) is 59.0 Å². The zero-order valence-electron chi connectivity index (χ0n) is 8.26. The van der Waals surface area contributed by atoms with Gasteiger partial charge in [-0.1, -0.05) is 19.9 Å². The first-order valence-corrected chi connectivity index (χ1v) is 5.56. The maximum atomic E-state index is 9.56. The van der Waals surface area contributed by atoms with E-state index < -0.39 is 0 Å². The summed E-state index contributed by atoms with van der Waals surface area (Å²) in [6, 6.07) is 4.13. The first-order valence-electron chi connectivity index (χ1n) is 4.48. The molecule has 2 heteroatoms. The minimum atomic E-state index is 0.424. The Hall–Kier alpha value is -0.250. The van der Waals surface area contributed by atoms with Crippen LogP contribution in [0.25, 0.3) is 0 Å². The van der Waals surface area contributed by atoms with Gasteiger partial charge in [-0.15, -0.1) is 0 Å². The summed E-state index contributed by atoms with van der Waals surface area (Å²) in [6.45, 7) is 6.35. The summed E-state index contributed by atoms with van der Waals surface area (Å²) in [4.78, 5) is 0. The van der Waals surface area contributed by atoms with Crippen LogP contribution in [0, 0.1) is 16.4 Å². The van der Waals surface area contributed by atoms with Crippen molar-refractivity contribution in [3.8, 4) is 5.75 Å². The van der Waals surface area contributed by atoms with Gasteiger partial charge in [0.05, 0.1) is 3.57 Å². The summed E-state index contributed by atoms with van der Waals surface area (Å²) in [5.74, 6) is 1.09. The second-order valence-corrected chi connectivity index (χ2v) is 5.00. The summed E-state index contributed by atoms with van der Waals surface area (Å²) in [5, 5.41) is 9.56. The molecule has 0 amide bonds. The molecule has 0 heterocycles. The van der Waals surface area contributed by atoms with E-state index in [-0.39, 0.29) is 0 Å². The third-order valence-electron chi connectivity index (χ3n) is 1.96. The van der Waals surface area contributed by atoms with Gasteiger partial charge in [0, 0.05) is 0 Å². The number of benzene rings is 1. The number of hydrogen-bond donors (Lipinski definition) is 1. The molecule has 0 aliphatic carbocycles. The van der Waals surface area contributed by atoms with Crippen molar-refractivity contribution in [2.75, 3.05) is 0 Å². The molecule has 0 fully saturated rings. The van der Waals surface area contributed by atoms with Crippen molar-refractivity contribution in [1.29, 1.82) is 0 Å². The molecule has 0 saturated heterocycles. The molecule has 1 aromatic carbocycles. The highest BCUT2D eigenvalue weighted by molar-refractivity contribution is 14.1. The number of hydrogen-bond acceptors (Lipinski definition) is 1. The van der Waals surface area contributed by atoms with Crippen LogP contribution in [-0.4, -0.2) is 5.11 Å². The van der Waals surface area contributed by atoms with Gasteiger partial charge in [-0.2, -0.15) is 0 Å². The smallest absolute Gasteiger partial charge is 0.131 e. The van der Waals surface area contributed by atoms with E-state index in [4.69, 9.17) is 0 Å². The van der Waals surface area contributed by atoms with Gasteiger partial charge in [-0.3, -0.25) is 0 Å². The topological polar surface area (TPSA) is 20.2 Å². The van der Waals surface area contributed by atoms with Crippen molar-refractivity contribution in [3.63, 3.8) is 0 Å². The van der Waals surface area contributed by atoms with Crippen LogP contribution in [0.15, 0.2) is 12.1 Å². The van der Waals surface area contributed by atoms with Crippen LogP contribution in [0.5, 0.6) is 5.75 Å². The Morgan fingerprint density at radius 3 is 2.46 bits per heavy atom. The van der Waals surface area contributed by atoms with Gasteiger partial charge in [0.2, 0.25) is 0 Å². The average molecular weight is 290 g/mol. The second-order valence-electron chi connectivity index (χ2n) is 3.84. The zero-order valence-corrected chi connectivity index (χ0v) is 10.4. The van der Waals surface area contributed by atoms with Crippen LogP contribution >= 0.6 is 22.6 Å². The highest BCUT2D eigenvalue weighted by atomic mass is 127. The van der Waals surface area contributed by atoms with E-state index >= 15 is 0 Å². The summed E-state index contributed by atoms with van der Waals surface area (Å²) in [7, 11) is 0. The Morgan fingerprint density at radius 2 is 2.00 bits per heavy atom. The largest absolute Gasteiger partial charge is 0.507 e. The van der Waals surface area contributed by atoms with E-state index in [2.05, 4.69) is 48.6 Å². The molecular weight excluding hydrogens is 275 g/mol. The lowest BCUT2D eigenvalue weighted by Gasteiger charge is -2.08. The molecule has 0 bridgehead atoms. The quantitative estimate of drug-likeness (QED) is 0.826. The zero-order chi connectivity index (χ0) is 10.0. The van der Waals surface area contributed by atoms with E-state index in [1.54, 1.807) is 0 Å². The van der Waals surface area contributed by atoms with Crippen molar-refractivity contribution < 1.29 is 5.11 Å². The van der Waals surface area contributed by atoms with E-state index in [1.165, 1.54) is 5.56 Å². The summed E-state index contributed by atoms with van der Waals surface area (Å²) < 4.78 is 0.952. The van der Waals surface area contributed by atoms with Crippen molar-refractivity contribution in [3.05, 3.63) is 26.8 Å². The predicted molar refractivity (Wildman–Crippen MR) is 64.1 cm³/mol. The van der Waals surface area contributed by atoms with Crippen molar-refractivity contribution in [2.24, 2.45) is 5.92 Å². The van der Waals surface area contributed by atoms with Gasteiger partial charge in [0.1, 0.15) is 5.75 Å². The number of aryl methyl sites for hydroxylation is 1. The van der Waals surface area contributed by atoms with Gasteiger partial charge < -0.3 is 5.11 Å². The Labute approximate surface area is 93.3 Å².